The van der Waals surface area contributed by atoms with Gasteiger partial charge in [0.25, 0.3) is 11.6 Å². The lowest BCUT2D eigenvalue weighted by atomic mass is 10.1. The van der Waals surface area contributed by atoms with E-state index in [0.29, 0.717) is 24.6 Å². The third kappa shape index (κ3) is 4.22. The maximum absolute atomic E-state index is 13.0. The summed E-state index contributed by atoms with van der Waals surface area (Å²) in [5.74, 6) is 0.835. The van der Waals surface area contributed by atoms with Crippen LogP contribution in [-0.2, 0) is 6.54 Å². The van der Waals surface area contributed by atoms with Gasteiger partial charge in [0.05, 0.1) is 19.1 Å². The van der Waals surface area contributed by atoms with Gasteiger partial charge >= 0.3 is 0 Å². The zero-order valence-electron chi connectivity index (χ0n) is 16.8. The van der Waals surface area contributed by atoms with Crippen molar-refractivity contribution in [1.82, 2.24) is 19.7 Å². The van der Waals surface area contributed by atoms with E-state index in [0.717, 1.165) is 5.56 Å². The van der Waals surface area contributed by atoms with Crippen molar-refractivity contribution in [3.8, 4) is 17.2 Å². The first kappa shape index (κ1) is 20.8. The van der Waals surface area contributed by atoms with Gasteiger partial charge in [-0.3, -0.25) is 14.9 Å². The lowest BCUT2D eigenvalue weighted by Gasteiger charge is -2.22. The minimum Gasteiger partial charge on any atom is -0.493 e. The average Bonchev–Trinajstić information content (AvgIpc) is 3.31. The highest BCUT2D eigenvalue weighted by Crippen LogP contribution is 2.29. The Labute approximate surface area is 172 Å². The predicted molar refractivity (Wildman–Crippen MR) is 108 cm³/mol. The molecule has 0 bridgehead atoms. The van der Waals surface area contributed by atoms with Crippen LogP contribution in [0.3, 0.4) is 0 Å². The van der Waals surface area contributed by atoms with Crippen molar-refractivity contribution in [2.75, 3.05) is 20.8 Å². The van der Waals surface area contributed by atoms with Crippen LogP contribution in [0.5, 0.6) is 11.5 Å². The number of methoxy groups -OCH3 is 2. The number of aromatic nitrogens is 3. The molecular formula is C20H21N5O5. The van der Waals surface area contributed by atoms with Crippen LogP contribution in [0.1, 0.15) is 22.8 Å². The van der Waals surface area contributed by atoms with Crippen molar-refractivity contribution in [3.05, 3.63) is 70.3 Å². The van der Waals surface area contributed by atoms with Gasteiger partial charge in [-0.25, -0.2) is 9.67 Å². The van der Waals surface area contributed by atoms with E-state index in [4.69, 9.17) is 9.47 Å². The second kappa shape index (κ2) is 9.03. The van der Waals surface area contributed by atoms with Gasteiger partial charge < -0.3 is 14.4 Å². The van der Waals surface area contributed by atoms with Crippen molar-refractivity contribution in [1.29, 1.82) is 0 Å². The zero-order chi connectivity index (χ0) is 21.7. The van der Waals surface area contributed by atoms with Crippen molar-refractivity contribution in [2.45, 2.75) is 13.5 Å². The lowest BCUT2D eigenvalue weighted by Crippen LogP contribution is -2.30. The number of ether oxygens (including phenoxy) is 2. The van der Waals surface area contributed by atoms with Crippen molar-refractivity contribution in [2.24, 2.45) is 0 Å². The van der Waals surface area contributed by atoms with Crippen LogP contribution >= 0.6 is 0 Å². The lowest BCUT2D eigenvalue weighted by molar-refractivity contribution is -0.384. The molecule has 30 heavy (non-hydrogen) atoms. The summed E-state index contributed by atoms with van der Waals surface area (Å²) in [5, 5.41) is 15.5. The predicted octanol–water partition coefficient (Wildman–Crippen LogP) is 2.86. The molecule has 156 valence electrons. The van der Waals surface area contributed by atoms with E-state index in [1.54, 1.807) is 37.3 Å². The van der Waals surface area contributed by atoms with Crippen LogP contribution in [-0.4, -0.2) is 51.3 Å². The number of carbonyl (C=O) groups excluding carboxylic acids is 1. The monoisotopic (exact) mass is 411 g/mol. The highest BCUT2D eigenvalue weighted by atomic mass is 16.6. The quantitative estimate of drug-likeness (QED) is 0.414. The third-order valence-corrected chi connectivity index (χ3v) is 4.57. The molecule has 1 amide bonds. The second-order valence-electron chi connectivity index (χ2n) is 6.31. The molecule has 0 atom stereocenters. The Morgan fingerprint density at radius 3 is 2.53 bits per heavy atom. The molecule has 3 aromatic rings. The van der Waals surface area contributed by atoms with Crippen LogP contribution in [0.15, 0.2) is 49.1 Å². The molecule has 10 nitrogen and oxygen atoms in total. The number of nitro groups is 1. The Bertz CT molecular complexity index is 1050. The molecular weight excluding hydrogens is 390 g/mol. The topological polar surface area (TPSA) is 113 Å². The Balaban J connectivity index is 1.88. The van der Waals surface area contributed by atoms with Crippen LogP contribution in [0.25, 0.3) is 5.69 Å². The van der Waals surface area contributed by atoms with E-state index in [9.17, 15) is 14.9 Å². The summed E-state index contributed by atoms with van der Waals surface area (Å²) in [5.41, 5.74) is 1.06. The fourth-order valence-electron chi connectivity index (χ4n) is 3.04. The van der Waals surface area contributed by atoms with Gasteiger partial charge in [0.15, 0.2) is 11.5 Å². The maximum atomic E-state index is 13.0. The molecule has 0 saturated carbocycles. The molecule has 0 aliphatic heterocycles. The van der Waals surface area contributed by atoms with E-state index < -0.39 is 4.92 Å². The number of rotatable bonds is 8. The Hall–Kier alpha value is -3.95. The molecule has 0 radical (unpaired) electrons. The summed E-state index contributed by atoms with van der Waals surface area (Å²) in [6, 6.07) is 9.70. The fraction of sp³-hybridized carbons (Fsp3) is 0.250. The van der Waals surface area contributed by atoms with Crippen LogP contribution in [0.2, 0.25) is 0 Å². The Morgan fingerprint density at radius 1 is 1.17 bits per heavy atom. The summed E-state index contributed by atoms with van der Waals surface area (Å²) in [4.78, 5) is 29.4. The molecule has 1 aromatic heterocycles. The Kier molecular flexibility index (Phi) is 6.26. The van der Waals surface area contributed by atoms with Gasteiger partial charge in [0.1, 0.15) is 18.3 Å². The highest BCUT2D eigenvalue weighted by Gasteiger charge is 2.22. The summed E-state index contributed by atoms with van der Waals surface area (Å²) >= 11 is 0. The summed E-state index contributed by atoms with van der Waals surface area (Å²) in [7, 11) is 3.09. The number of amides is 1. The molecule has 0 spiro atoms. The first-order valence-electron chi connectivity index (χ1n) is 9.12. The van der Waals surface area contributed by atoms with Gasteiger partial charge in [0.2, 0.25) is 0 Å². The van der Waals surface area contributed by atoms with E-state index in [2.05, 4.69) is 10.1 Å². The third-order valence-electron chi connectivity index (χ3n) is 4.57. The summed E-state index contributed by atoms with van der Waals surface area (Å²) in [6.45, 7) is 2.58. The smallest absolute Gasteiger partial charge is 0.295 e. The largest absolute Gasteiger partial charge is 0.493 e. The molecule has 2 aromatic carbocycles. The summed E-state index contributed by atoms with van der Waals surface area (Å²) < 4.78 is 11.8. The number of hydrogen-bond acceptors (Lipinski definition) is 7. The van der Waals surface area contributed by atoms with Gasteiger partial charge in [0, 0.05) is 24.7 Å². The van der Waals surface area contributed by atoms with Crippen molar-refractivity contribution >= 4 is 11.6 Å². The van der Waals surface area contributed by atoms with E-state index in [-0.39, 0.29) is 22.8 Å². The number of carbonyl (C=O) groups is 1. The average molecular weight is 411 g/mol. The first-order chi connectivity index (χ1) is 14.5. The second-order valence-corrected chi connectivity index (χ2v) is 6.31. The molecule has 0 unspecified atom stereocenters. The van der Waals surface area contributed by atoms with E-state index >= 15 is 0 Å². The van der Waals surface area contributed by atoms with Crippen LogP contribution < -0.4 is 9.47 Å². The minimum absolute atomic E-state index is 0.216. The molecule has 0 N–H and O–H groups in total. The molecule has 0 fully saturated rings. The molecule has 0 aliphatic rings. The van der Waals surface area contributed by atoms with E-state index in [1.165, 1.54) is 29.5 Å². The number of nitro benzene ring substituents is 1. The molecule has 0 saturated heterocycles. The highest BCUT2D eigenvalue weighted by molar-refractivity contribution is 5.95. The number of hydrogen-bond donors (Lipinski definition) is 0. The number of benzene rings is 2. The minimum atomic E-state index is -0.543. The first-order valence-corrected chi connectivity index (χ1v) is 9.12. The van der Waals surface area contributed by atoms with Gasteiger partial charge in [-0.15, -0.1) is 0 Å². The Morgan fingerprint density at radius 2 is 1.93 bits per heavy atom. The standard InChI is InChI=1S/C20H21N5O5/c1-4-23(11-14-5-8-18(29-2)19(9-14)30-3)20(26)15-6-7-16(17(10-15)25(27)28)24-13-21-12-22-24/h5-10,12-13H,4,11H2,1-3H3. The SMILES string of the molecule is CCN(Cc1ccc(OC)c(OC)c1)C(=O)c1ccc(-n2cncn2)c([N+](=O)[O-])c1. The normalized spacial score (nSPS) is 10.5. The van der Waals surface area contributed by atoms with Crippen molar-refractivity contribution in [3.63, 3.8) is 0 Å². The molecule has 3 rings (SSSR count). The van der Waals surface area contributed by atoms with Crippen LogP contribution in [0.4, 0.5) is 5.69 Å². The molecule has 10 heteroatoms. The summed E-state index contributed by atoms with van der Waals surface area (Å²) in [6.07, 6.45) is 2.64. The van der Waals surface area contributed by atoms with Gasteiger partial charge in [-0.05, 0) is 36.8 Å². The fourth-order valence-corrected chi connectivity index (χ4v) is 3.04. The van der Waals surface area contributed by atoms with Gasteiger partial charge in [-0.2, -0.15) is 5.10 Å². The molecule has 1 heterocycles. The van der Waals surface area contributed by atoms with Crippen molar-refractivity contribution < 1.29 is 19.2 Å². The zero-order valence-corrected chi connectivity index (χ0v) is 16.8. The molecule has 0 aliphatic carbocycles. The maximum Gasteiger partial charge on any atom is 0.295 e. The van der Waals surface area contributed by atoms with Crippen LogP contribution in [0, 0.1) is 10.1 Å². The van der Waals surface area contributed by atoms with Gasteiger partial charge in [-0.1, -0.05) is 6.07 Å². The van der Waals surface area contributed by atoms with E-state index in [1.807, 2.05) is 13.0 Å². The number of nitrogens with zero attached hydrogens (tertiary/aromatic N) is 5.